The molecule has 0 saturated carbocycles. The standard InChI is InChI=1S/C13H16N4O3S2/c1-10-2-4-11(5-3-10)22(19,20)17-8-6-16(7-9-17)12-13(18)15-21-14-12/h2-5H,6-9H2,1H3,(H,15,18). The van der Waals surface area contributed by atoms with Gasteiger partial charge >= 0.3 is 5.56 Å². The number of piperazine rings is 1. The van der Waals surface area contributed by atoms with Crippen molar-refractivity contribution in [2.75, 3.05) is 31.1 Å². The van der Waals surface area contributed by atoms with Gasteiger partial charge in [0.15, 0.2) is 0 Å². The van der Waals surface area contributed by atoms with Crippen molar-refractivity contribution >= 4 is 27.6 Å². The maximum Gasteiger partial charge on any atom is 0.302 e. The summed E-state index contributed by atoms with van der Waals surface area (Å²) in [5.74, 6) is 0.373. The smallest absolute Gasteiger partial charge is 0.302 e. The minimum absolute atomic E-state index is 0.222. The molecule has 2 heterocycles. The molecule has 0 radical (unpaired) electrons. The Labute approximate surface area is 132 Å². The highest BCUT2D eigenvalue weighted by molar-refractivity contribution is 7.89. The van der Waals surface area contributed by atoms with Crippen molar-refractivity contribution in [2.45, 2.75) is 11.8 Å². The van der Waals surface area contributed by atoms with Gasteiger partial charge in [0, 0.05) is 37.9 Å². The average molecular weight is 340 g/mol. The third-order valence-corrected chi connectivity index (χ3v) is 6.12. The molecule has 0 amide bonds. The highest BCUT2D eigenvalue weighted by atomic mass is 32.2. The molecule has 0 bridgehead atoms. The lowest BCUT2D eigenvalue weighted by Gasteiger charge is -2.33. The number of anilines is 1. The fourth-order valence-corrected chi connectivity index (χ4v) is 4.32. The van der Waals surface area contributed by atoms with Crippen molar-refractivity contribution in [3.05, 3.63) is 40.2 Å². The molecule has 1 aromatic heterocycles. The van der Waals surface area contributed by atoms with E-state index in [-0.39, 0.29) is 5.56 Å². The van der Waals surface area contributed by atoms with Crippen LogP contribution in [0.3, 0.4) is 0 Å². The zero-order valence-electron chi connectivity index (χ0n) is 12.0. The lowest BCUT2D eigenvalue weighted by atomic mass is 10.2. The maximum atomic E-state index is 12.6. The van der Waals surface area contributed by atoms with E-state index in [1.54, 1.807) is 24.3 Å². The highest BCUT2D eigenvalue weighted by Gasteiger charge is 2.29. The fourth-order valence-electron chi connectivity index (χ4n) is 2.40. The fraction of sp³-hybridized carbons (Fsp3) is 0.385. The van der Waals surface area contributed by atoms with Gasteiger partial charge < -0.3 is 4.90 Å². The van der Waals surface area contributed by atoms with Crippen molar-refractivity contribution in [3.63, 3.8) is 0 Å². The molecule has 1 N–H and O–H groups in total. The van der Waals surface area contributed by atoms with Crippen molar-refractivity contribution < 1.29 is 8.42 Å². The second-order valence-corrected chi connectivity index (χ2v) is 7.65. The molecule has 2 aromatic rings. The molecule has 1 saturated heterocycles. The third kappa shape index (κ3) is 2.79. The number of hydrogen-bond donors (Lipinski definition) is 1. The number of aromatic amines is 1. The first-order valence-electron chi connectivity index (χ1n) is 6.84. The SMILES string of the molecule is Cc1ccc(S(=O)(=O)N2CCN(c3ns[nH]c3=O)CC2)cc1. The van der Waals surface area contributed by atoms with E-state index in [0.717, 1.165) is 17.3 Å². The van der Waals surface area contributed by atoms with Gasteiger partial charge in [-0.2, -0.15) is 8.68 Å². The molecule has 118 valence electrons. The number of nitrogens with zero attached hydrogens (tertiary/aromatic N) is 3. The third-order valence-electron chi connectivity index (χ3n) is 3.67. The Hall–Kier alpha value is -1.71. The average Bonchev–Trinajstić information content (AvgIpc) is 2.94. The summed E-state index contributed by atoms with van der Waals surface area (Å²) in [5, 5.41) is 0. The van der Waals surface area contributed by atoms with Crippen LogP contribution in [0.2, 0.25) is 0 Å². The normalized spacial score (nSPS) is 16.9. The summed E-state index contributed by atoms with van der Waals surface area (Å²) in [6.45, 7) is 3.51. The molecule has 22 heavy (non-hydrogen) atoms. The Morgan fingerprint density at radius 1 is 1.14 bits per heavy atom. The van der Waals surface area contributed by atoms with Crippen LogP contribution in [0.4, 0.5) is 5.82 Å². The van der Waals surface area contributed by atoms with Crippen LogP contribution in [-0.2, 0) is 10.0 Å². The molecule has 1 aliphatic rings. The van der Waals surface area contributed by atoms with Crippen molar-refractivity contribution in [1.29, 1.82) is 0 Å². The molecule has 0 atom stereocenters. The lowest BCUT2D eigenvalue weighted by molar-refractivity contribution is 0.384. The second kappa shape index (κ2) is 5.82. The number of sulfonamides is 1. The van der Waals surface area contributed by atoms with E-state index in [2.05, 4.69) is 8.75 Å². The first-order valence-corrected chi connectivity index (χ1v) is 9.06. The molecule has 3 rings (SSSR count). The van der Waals surface area contributed by atoms with Crippen LogP contribution < -0.4 is 10.5 Å². The topological polar surface area (TPSA) is 86.4 Å². The van der Waals surface area contributed by atoms with Gasteiger partial charge in [0.2, 0.25) is 15.8 Å². The Morgan fingerprint density at radius 2 is 1.77 bits per heavy atom. The predicted octanol–water partition coefficient (Wildman–Crippen LogP) is 0.651. The van der Waals surface area contributed by atoms with E-state index in [9.17, 15) is 13.2 Å². The van der Waals surface area contributed by atoms with E-state index < -0.39 is 10.0 Å². The molecule has 1 fully saturated rings. The van der Waals surface area contributed by atoms with Crippen molar-refractivity contribution in [3.8, 4) is 0 Å². The Morgan fingerprint density at radius 3 is 2.32 bits per heavy atom. The minimum Gasteiger partial charge on any atom is -0.348 e. The largest absolute Gasteiger partial charge is 0.348 e. The predicted molar refractivity (Wildman–Crippen MR) is 84.9 cm³/mol. The number of nitrogens with one attached hydrogen (secondary N) is 1. The van der Waals surface area contributed by atoms with E-state index >= 15 is 0 Å². The number of hydrogen-bond acceptors (Lipinski definition) is 6. The molecular formula is C13H16N4O3S2. The summed E-state index contributed by atoms with van der Waals surface area (Å²) < 4.78 is 33.2. The molecular weight excluding hydrogens is 324 g/mol. The molecule has 1 aromatic carbocycles. The molecule has 9 heteroatoms. The van der Waals surface area contributed by atoms with Gasteiger partial charge in [-0.25, -0.2) is 8.42 Å². The van der Waals surface area contributed by atoms with Crippen LogP contribution in [0.5, 0.6) is 0 Å². The van der Waals surface area contributed by atoms with Gasteiger partial charge in [0.1, 0.15) is 0 Å². The summed E-state index contributed by atoms with van der Waals surface area (Å²) >= 11 is 1.00. The maximum absolute atomic E-state index is 12.6. The molecule has 0 aliphatic carbocycles. The van der Waals surface area contributed by atoms with Gasteiger partial charge in [-0.05, 0) is 19.1 Å². The van der Waals surface area contributed by atoms with Crippen LogP contribution in [0, 0.1) is 6.92 Å². The van der Waals surface area contributed by atoms with Crippen LogP contribution in [-0.4, -0.2) is 47.6 Å². The number of aromatic nitrogens is 2. The van der Waals surface area contributed by atoms with Crippen LogP contribution >= 0.6 is 11.7 Å². The molecule has 7 nitrogen and oxygen atoms in total. The van der Waals surface area contributed by atoms with Gasteiger partial charge in [0.25, 0.3) is 0 Å². The first kappa shape index (κ1) is 15.2. The van der Waals surface area contributed by atoms with Crippen LogP contribution in [0.1, 0.15) is 5.56 Å². The monoisotopic (exact) mass is 340 g/mol. The van der Waals surface area contributed by atoms with Crippen molar-refractivity contribution in [1.82, 2.24) is 13.1 Å². The van der Waals surface area contributed by atoms with Gasteiger partial charge in [-0.15, -0.1) is 0 Å². The lowest BCUT2D eigenvalue weighted by Crippen LogP contribution is -2.49. The van der Waals surface area contributed by atoms with Crippen LogP contribution in [0.25, 0.3) is 0 Å². The summed E-state index contributed by atoms with van der Waals surface area (Å²) in [6, 6.07) is 6.83. The summed E-state index contributed by atoms with van der Waals surface area (Å²) in [4.78, 5) is 13.7. The summed E-state index contributed by atoms with van der Waals surface area (Å²) in [6.07, 6.45) is 0. The van der Waals surface area contributed by atoms with Crippen molar-refractivity contribution in [2.24, 2.45) is 0 Å². The van der Waals surface area contributed by atoms with Gasteiger partial charge in [-0.1, -0.05) is 17.7 Å². The molecule has 1 aliphatic heterocycles. The zero-order valence-corrected chi connectivity index (χ0v) is 13.7. The minimum atomic E-state index is -3.48. The Kier molecular flexibility index (Phi) is 4.02. The van der Waals surface area contributed by atoms with E-state index in [4.69, 9.17) is 0 Å². The van der Waals surface area contributed by atoms with E-state index in [1.165, 1.54) is 4.31 Å². The molecule has 0 spiro atoms. The van der Waals surface area contributed by atoms with Crippen LogP contribution in [0.15, 0.2) is 34.0 Å². The van der Waals surface area contributed by atoms with Gasteiger partial charge in [-0.3, -0.25) is 9.17 Å². The quantitative estimate of drug-likeness (QED) is 0.887. The number of benzene rings is 1. The number of rotatable bonds is 3. The van der Waals surface area contributed by atoms with E-state index in [1.807, 2.05) is 11.8 Å². The Bertz CT molecular complexity index is 802. The second-order valence-electron chi connectivity index (χ2n) is 5.14. The number of H-pyrrole nitrogens is 1. The highest BCUT2D eigenvalue weighted by Crippen LogP contribution is 2.19. The first-order chi connectivity index (χ1) is 10.5. The van der Waals surface area contributed by atoms with E-state index in [0.29, 0.717) is 36.9 Å². The molecule has 0 unspecified atom stereocenters. The number of aryl methyl sites for hydroxylation is 1. The Balaban J connectivity index is 1.74. The summed E-state index contributed by atoms with van der Waals surface area (Å²) in [5.41, 5.74) is 0.798. The zero-order chi connectivity index (χ0) is 15.7. The van der Waals surface area contributed by atoms with Gasteiger partial charge in [0.05, 0.1) is 4.90 Å². The summed E-state index contributed by atoms with van der Waals surface area (Å²) in [7, 11) is -3.48.